The zero-order chi connectivity index (χ0) is 25.3. The first-order chi connectivity index (χ1) is 17.5. The molecule has 0 fully saturated rings. The third-order valence-corrected chi connectivity index (χ3v) is 6.17. The Labute approximate surface area is 213 Å². The maximum atomic E-state index is 12.5. The molecule has 4 rings (SSSR count). The number of ether oxygens (including phenoxy) is 2. The minimum absolute atomic E-state index is 0.0915. The molecule has 0 bridgehead atoms. The topological polar surface area (TPSA) is 65.4 Å². The highest BCUT2D eigenvalue weighted by Crippen LogP contribution is 2.19. The Hall–Kier alpha value is -3.80. The molecule has 0 unspecified atom stereocenters. The number of aromatic nitrogens is 2. The van der Waals surface area contributed by atoms with Gasteiger partial charge in [0.2, 0.25) is 0 Å². The van der Waals surface area contributed by atoms with Crippen molar-refractivity contribution in [3.05, 3.63) is 89.2 Å². The molecular weight excluding hydrogens is 450 g/mol. The molecule has 36 heavy (non-hydrogen) atoms. The first-order valence-corrected chi connectivity index (χ1v) is 12.6. The van der Waals surface area contributed by atoms with E-state index in [-0.39, 0.29) is 5.91 Å². The standard InChI is InChI=1S/C30H35N3O3/c1-22-18-23(2)20-26(19-22)36-17-7-6-16-33-28-13-5-4-12-27(28)32-29(33)14-9-15-31-30(34)24-10-8-11-25(21-24)35-3/h4-5,8,10-13,18-21H,6-7,9,14-17H2,1-3H3,(H,31,34). The number of rotatable bonds is 12. The van der Waals surface area contributed by atoms with Crippen LogP contribution in [-0.2, 0) is 13.0 Å². The van der Waals surface area contributed by atoms with E-state index in [1.165, 1.54) is 11.1 Å². The van der Waals surface area contributed by atoms with Gasteiger partial charge in [0.25, 0.3) is 5.91 Å². The van der Waals surface area contributed by atoms with Crippen LogP contribution in [0.3, 0.4) is 0 Å². The number of carbonyl (C=O) groups excluding carboxylic acids is 1. The second kappa shape index (κ2) is 12.2. The zero-order valence-corrected chi connectivity index (χ0v) is 21.4. The van der Waals surface area contributed by atoms with Crippen molar-refractivity contribution in [2.24, 2.45) is 0 Å². The molecule has 1 amide bonds. The van der Waals surface area contributed by atoms with Crippen molar-refractivity contribution in [1.82, 2.24) is 14.9 Å². The fourth-order valence-corrected chi connectivity index (χ4v) is 4.46. The molecule has 0 saturated heterocycles. The van der Waals surface area contributed by atoms with Crippen LogP contribution >= 0.6 is 0 Å². The van der Waals surface area contributed by atoms with E-state index in [0.717, 1.165) is 54.8 Å². The first kappa shape index (κ1) is 25.3. The van der Waals surface area contributed by atoms with E-state index in [2.05, 4.69) is 60.1 Å². The Bertz CT molecular complexity index is 1290. The maximum absolute atomic E-state index is 12.5. The third kappa shape index (κ3) is 6.66. The fraction of sp³-hybridized carbons (Fsp3) is 0.333. The second-order valence-corrected chi connectivity index (χ2v) is 9.14. The number of nitrogens with one attached hydrogen (secondary N) is 1. The van der Waals surface area contributed by atoms with E-state index >= 15 is 0 Å². The van der Waals surface area contributed by atoms with Crippen LogP contribution in [-0.4, -0.2) is 35.7 Å². The average Bonchev–Trinajstić information content (AvgIpc) is 3.23. The monoisotopic (exact) mass is 485 g/mol. The smallest absolute Gasteiger partial charge is 0.251 e. The van der Waals surface area contributed by atoms with Gasteiger partial charge in [-0.1, -0.05) is 24.3 Å². The number of methoxy groups -OCH3 is 1. The molecule has 188 valence electrons. The van der Waals surface area contributed by atoms with Gasteiger partial charge in [0.1, 0.15) is 17.3 Å². The lowest BCUT2D eigenvalue weighted by Crippen LogP contribution is -2.25. The molecular formula is C30H35N3O3. The molecule has 0 aliphatic heterocycles. The van der Waals surface area contributed by atoms with Crippen molar-refractivity contribution in [1.29, 1.82) is 0 Å². The molecule has 0 spiro atoms. The van der Waals surface area contributed by atoms with Crippen molar-refractivity contribution >= 4 is 16.9 Å². The van der Waals surface area contributed by atoms with E-state index < -0.39 is 0 Å². The summed E-state index contributed by atoms with van der Waals surface area (Å²) >= 11 is 0. The number of hydrogen-bond acceptors (Lipinski definition) is 4. The highest BCUT2D eigenvalue weighted by molar-refractivity contribution is 5.94. The lowest BCUT2D eigenvalue weighted by Gasteiger charge is -2.11. The van der Waals surface area contributed by atoms with Gasteiger partial charge in [-0.2, -0.15) is 0 Å². The summed E-state index contributed by atoms with van der Waals surface area (Å²) in [5, 5.41) is 3.01. The Kier molecular flexibility index (Phi) is 8.61. The quantitative estimate of drug-likeness (QED) is 0.254. The van der Waals surface area contributed by atoms with E-state index in [4.69, 9.17) is 14.5 Å². The number of benzene rings is 3. The van der Waals surface area contributed by atoms with Crippen molar-refractivity contribution in [3.63, 3.8) is 0 Å². The van der Waals surface area contributed by atoms with E-state index in [9.17, 15) is 4.79 Å². The van der Waals surface area contributed by atoms with Crippen LogP contribution in [0.25, 0.3) is 11.0 Å². The molecule has 6 heteroatoms. The Morgan fingerprint density at radius 1 is 0.917 bits per heavy atom. The molecule has 0 aliphatic carbocycles. The van der Waals surface area contributed by atoms with E-state index in [1.54, 1.807) is 19.2 Å². The Balaban J connectivity index is 1.29. The number of para-hydroxylation sites is 2. The molecule has 0 saturated carbocycles. The van der Waals surface area contributed by atoms with Crippen LogP contribution in [0.4, 0.5) is 0 Å². The van der Waals surface area contributed by atoms with Gasteiger partial charge >= 0.3 is 0 Å². The number of carbonyl (C=O) groups is 1. The molecule has 1 aromatic heterocycles. The number of nitrogens with zero attached hydrogens (tertiary/aromatic N) is 2. The van der Waals surface area contributed by atoms with Gasteiger partial charge in [-0.3, -0.25) is 4.79 Å². The lowest BCUT2D eigenvalue weighted by molar-refractivity contribution is 0.0952. The van der Waals surface area contributed by atoms with E-state index in [0.29, 0.717) is 24.5 Å². The van der Waals surface area contributed by atoms with Crippen molar-refractivity contribution < 1.29 is 14.3 Å². The van der Waals surface area contributed by atoms with Gasteiger partial charge in [0.05, 0.1) is 24.8 Å². The summed E-state index contributed by atoms with van der Waals surface area (Å²) in [6, 6.07) is 21.8. The van der Waals surface area contributed by atoms with Crippen LogP contribution in [0.1, 0.15) is 46.6 Å². The highest BCUT2D eigenvalue weighted by atomic mass is 16.5. The normalized spacial score (nSPS) is 11.0. The molecule has 3 aromatic carbocycles. The Morgan fingerprint density at radius 3 is 2.53 bits per heavy atom. The average molecular weight is 486 g/mol. The summed E-state index contributed by atoms with van der Waals surface area (Å²) in [6.07, 6.45) is 3.58. The summed E-state index contributed by atoms with van der Waals surface area (Å²) in [5.74, 6) is 2.58. The predicted molar refractivity (Wildman–Crippen MR) is 144 cm³/mol. The van der Waals surface area contributed by atoms with Crippen molar-refractivity contribution in [2.75, 3.05) is 20.3 Å². The number of imidazole rings is 1. The minimum Gasteiger partial charge on any atom is -0.497 e. The summed E-state index contributed by atoms with van der Waals surface area (Å²) in [6.45, 7) is 6.36. The minimum atomic E-state index is -0.0915. The Morgan fingerprint density at radius 2 is 1.72 bits per heavy atom. The molecule has 4 aromatic rings. The van der Waals surface area contributed by atoms with Gasteiger partial charge in [-0.05, 0) is 86.7 Å². The van der Waals surface area contributed by atoms with Crippen LogP contribution in [0.15, 0.2) is 66.7 Å². The largest absolute Gasteiger partial charge is 0.497 e. The lowest BCUT2D eigenvalue weighted by atomic mass is 10.1. The molecule has 1 heterocycles. The maximum Gasteiger partial charge on any atom is 0.251 e. The predicted octanol–water partition coefficient (Wildman–Crippen LogP) is 5.88. The second-order valence-electron chi connectivity index (χ2n) is 9.14. The molecule has 0 radical (unpaired) electrons. The van der Waals surface area contributed by atoms with Crippen molar-refractivity contribution in [2.45, 2.75) is 46.1 Å². The SMILES string of the molecule is COc1cccc(C(=O)NCCCc2nc3ccccc3n2CCCCOc2cc(C)cc(C)c2)c1. The van der Waals surface area contributed by atoms with Crippen molar-refractivity contribution in [3.8, 4) is 11.5 Å². The molecule has 1 N–H and O–H groups in total. The van der Waals surface area contributed by atoms with Crippen LogP contribution < -0.4 is 14.8 Å². The van der Waals surface area contributed by atoms with Gasteiger partial charge in [-0.25, -0.2) is 4.98 Å². The van der Waals surface area contributed by atoms with Crippen LogP contribution in [0.5, 0.6) is 11.5 Å². The third-order valence-electron chi connectivity index (χ3n) is 6.17. The number of amides is 1. The van der Waals surface area contributed by atoms with Gasteiger partial charge in [-0.15, -0.1) is 0 Å². The number of unbranched alkanes of at least 4 members (excludes halogenated alkanes) is 1. The summed E-state index contributed by atoms with van der Waals surface area (Å²) in [4.78, 5) is 17.4. The van der Waals surface area contributed by atoms with Gasteiger partial charge < -0.3 is 19.4 Å². The number of aryl methyl sites for hydroxylation is 4. The summed E-state index contributed by atoms with van der Waals surface area (Å²) < 4.78 is 13.5. The van der Waals surface area contributed by atoms with Crippen LogP contribution in [0, 0.1) is 13.8 Å². The first-order valence-electron chi connectivity index (χ1n) is 12.6. The number of hydrogen-bond donors (Lipinski definition) is 1. The molecule has 6 nitrogen and oxygen atoms in total. The summed E-state index contributed by atoms with van der Waals surface area (Å²) in [5.41, 5.74) is 5.21. The molecule has 0 atom stereocenters. The zero-order valence-electron chi connectivity index (χ0n) is 21.4. The van der Waals surface area contributed by atoms with Crippen LogP contribution in [0.2, 0.25) is 0 Å². The summed E-state index contributed by atoms with van der Waals surface area (Å²) in [7, 11) is 1.60. The van der Waals surface area contributed by atoms with Gasteiger partial charge in [0.15, 0.2) is 0 Å². The number of fused-ring (bicyclic) bond motifs is 1. The van der Waals surface area contributed by atoms with Gasteiger partial charge in [0, 0.05) is 25.1 Å². The molecule has 0 aliphatic rings. The fourth-order valence-electron chi connectivity index (χ4n) is 4.46. The van der Waals surface area contributed by atoms with E-state index in [1.807, 2.05) is 18.2 Å². The highest BCUT2D eigenvalue weighted by Gasteiger charge is 2.11.